The van der Waals surface area contributed by atoms with Crippen LogP contribution in [0.25, 0.3) is 5.69 Å². The van der Waals surface area contributed by atoms with Crippen molar-refractivity contribution in [2.45, 2.75) is 55.2 Å². The third-order valence-corrected chi connectivity index (χ3v) is 7.10. The zero-order valence-corrected chi connectivity index (χ0v) is 17.2. The summed E-state index contributed by atoms with van der Waals surface area (Å²) in [6.07, 6.45) is 4.67. The van der Waals surface area contributed by atoms with Gasteiger partial charge in [-0.05, 0) is 62.2 Å². The van der Waals surface area contributed by atoms with Crippen molar-refractivity contribution in [1.82, 2.24) is 15.1 Å². The molecule has 0 saturated heterocycles. The van der Waals surface area contributed by atoms with Crippen LogP contribution in [-0.4, -0.2) is 27.0 Å². The van der Waals surface area contributed by atoms with Gasteiger partial charge < -0.3 is 5.32 Å². The molecular formula is C18H22FN3OS3. The van der Waals surface area contributed by atoms with Crippen LogP contribution in [0.3, 0.4) is 0 Å². The van der Waals surface area contributed by atoms with Crippen LogP contribution in [-0.2, 0) is 4.79 Å². The van der Waals surface area contributed by atoms with Gasteiger partial charge in [0.05, 0.1) is 10.9 Å². The maximum atomic E-state index is 13.1. The van der Waals surface area contributed by atoms with E-state index < -0.39 is 0 Å². The molecule has 1 aliphatic carbocycles. The molecular weight excluding hydrogens is 389 g/mol. The van der Waals surface area contributed by atoms with Crippen molar-refractivity contribution in [3.63, 3.8) is 0 Å². The van der Waals surface area contributed by atoms with E-state index in [2.05, 4.69) is 17.3 Å². The number of carbonyl (C=O) groups is 1. The van der Waals surface area contributed by atoms with Crippen LogP contribution in [0, 0.1) is 15.7 Å². The minimum Gasteiger partial charge on any atom is -0.352 e. The highest BCUT2D eigenvalue weighted by Crippen LogP contribution is 2.29. The largest absolute Gasteiger partial charge is 0.352 e. The first-order valence-corrected chi connectivity index (χ1v) is 10.9. The van der Waals surface area contributed by atoms with Crippen molar-refractivity contribution in [2.75, 3.05) is 0 Å². The molecule has 1 amide bonds. The Balaban J connectivity index is 1.65. The Morgan fingerprint density at radius 2 is 2.08 bits per heavy atom. The average Bonchev–Trinajstić information content (AvgIpc) is 2.97. The number of hydrogen-bond donors (Lipinski definition) is 1. The summed E-state index contributed by atoms with van der Waals surface area (Å²) >= 11 is 8.13. The van der Waals surface area contributed by atoms with Crippen LogP contribution in [0.5, 0.6) is 0 Å². The van der Waals surface area contributed by atoms with Crippen molar-refractivity contribution < 1.29 is 9.18 Å². The maximum Gasteiger partial charge on any atom is 0.233 e. The normalized spacial score (nSPS) is 21.3. The molecule has 8 heteroatoms. The number of halogens is 1. The first kappa shape index (κ1) is 19.5. The number of aromatic nitrogens is 2. The number of nitrogens with one attached hydrogen (secondary N) is 1. The van der Waals surface area contributed by atoms with Crippen molar-refractivity contribution in [3.05, 3.63) is 34.0 Å². The molecule has 26 heavy (non-hydrogen) atoms. The van der Waals surface area contributed by atoms with E-state index in [1.807, 2.05) is 6.92 Å². The molecule has 0 unspecified atom stereocenters. The lowest BCUT2D eigenvalue weighted by Gasteiger charge is -2.30. The lowest BCUT2D eigenvalue weighted by Crippen LogP contribution is -2.44. The SMILES string of the molecule is C[C@@H]1CCCC[C@H]1NC(=O)[C@@H](C)Sc1nn(-c2ccc(F)cc2)c(=S)s1. The molecule has 1 fully saturated rings. The number of carbonyl (C=O) groups excluding carboxylic acids is 1. The highest BCUT2D eigenvalue weighted by atomic mass is 32.2. The number of nitrogens with zero attached hydrogens (tertiary/aromatic N) is 2. The van der Waals surface area contributed by atoms with Crippen LogP contribution >= 0.6 is 35.3 Å². The molecule has 3 rings (SSSR count). The van der Waals surface area contributed by atoms with E-state index in [-0.39, 0.29) is 23.0 Å². The second-order valence-corrected chi connectivity index (χ2v) is 9.87. The van der Waals surface area contributed by atoms with Crippen LogP contribution in [0.2, 0.25) is 0 Å². The summed E-state index contributed by atoms with van der Waals surface area (Å²) in [5.41, 5.74) is 0.715. The zero-order valence-electron chi connectivity index (χ0n) is 14.8. The summed E-state index contributed by atoms with van der Waals surface area (Å²) < 4.78 is 16.0. The van der Waals surface area contributed by atoms with Gasteiger partial charge in [0.25, 0.3) is 0 Å². The molecule has 1 aliphatic rings. The average molecular weight is 412 g/mol. The van der Waals surface area contributed by atoms with Gasteiger partial charge in [-0.25, -0.2) is 9.07 Å². The third-order valence-electron chi connectivity index (χ3n) is 4.69. The van der Waals surface area contributed by atoms with Crippen LogP contribution in [0.4, 0.5) is 4.39 Å². The highest BCUT2D eigenvalue weighted by molar-refractivity contribution is 8.02. The molecule has 0 radical (unpaired) electrons. The molecule has 0 aliphatic heterocycles. The van der Waals surface area contributed by atoms with Gasteiger partial charge in [0, 0.05) is 6.04 Å². The van der Waals surface area contributed by atoms with E-state index in [4.69, 9.17) is 12.2 Å². The summed E-state index contributed by atoms with van der Waals surface area (Å²) in [6, 6.07) is 6.31. The van der Waals surface area contributed by atoms with Gasteiger partial charge in [0.1, 0.15) is 5.82 Å². The Morgan fingerprint density at radius 3 is 2.77 bits per heavy atom. The fraction of sp³-hybridized carbons (Fsp3) is 0.500. The van der Waals surface area contributed by atoms with Crippen LogP contribution < -0.4 is 5.32 Å². The lowest BCUT2D eigenvalue weighted by atomic mass is 9.86. The van der Waals surface area contributed by atoms with Gasteiger partial charge >= 0.3 is 0 Å². The predicted octanol–water partition coefficient (Wildman–Crippen LogP) is 4.98. The van der Waals surface area contributed by atoms with Crippen LogP contribution in [0.1, 0.15) is 39.5 Å². The first-order chi connectivity index (χ1) is 12.4. The molecule has 4 nitrogen and oxygen atoms in total. The molecule has 0 spiro atoms. The maximum absolute atomic E-state index is 13.1. The molecule has 3 atom stereocenters. The third kappa shape index (κ3) is 4.72. The van der Waals surface area contributed by atoms with Gasteiger partial charge in [-0.2, -0.15) is 0 Å². The summed E-state index contributed by atoms with van der Waals surface area (Å²) in [7, 11) is 0. The van der Waals surface area contributed by atoms with Crippen molar-refractivity contribution >= 4 is 41.2 Å². The summed E-state index contributed by atoms with van der Waals surface area (Å²) in [4.78, 5) is 12.5. The van der Waals surface area contributed by atoms with Crippen molar-refractivity contribution in [1.29, 1.82) is 0 Å². The zero-order chi connectivity index (χ0) is 18.7. The van der Waals surface area contributed by atoms with Gasteiger partial charge in [0.2, 0.25) is 5.91 Å². The summed E-state index contributed by atoms with van der Waals surface area (Å²) in [5, 5.41) is 7.43. The Kier molecular flexibility index (Phi) is 6.47. The van der Waals surface area contributed by atoms with Crippen molar-refractivity contribution in [3.8, 4) is 5.69 Å². The monoisotopic (exact) mass is 411 g/mol. The second kappa shape index (κ2) is 8.63. The van der Waals surface area contributed by atoms with E-state index in [0.29, 0.717) is 15.6 Å². The fourth-order valence-corrected chi connectivity index (χ4v) is 5.60. The quantitative estimate of drug-likeness (QED) is 0.557. The first-order valence-electron chi connectivity index (χ1n) is 8.77. The summed E-state index contributed by atoms with van der Waals surface area (Å²) in [5.74, 6) is 0.278. The number of hydrogen-bond acceptors (Lipinski definition) is 5. The summed E-state index contributed by atoms with van der Waals surface area (Å²) in [6.45, 7) is 4.10. The molecule has 1 aromatic heterocycles. The highest BCUT2D eigenvalue weighted by Gasteiger charge is 2.25. The molecule has 0 bridgehead atoms. The Hall–Kier alpha value is -1.25. The second-order valence-electron chi connectivity index (χ2n) is 6.66. The topological polar surface area (TPSA) is 46.9 Å². The van der Waals surface area contributed by atoms with Gasteiger partial charge in [-0.1, -0.05) is 42.9 Å². The predicted molar refractivity (Wildman–Crippen MR) is 107 cm³/mol. The Morgan fingerprint density at radius 1 is 1.38 bits per heavy atom. The molecule has 1 aromatic carbocycles. The van der Waals surface area contributed by atoms with Gasteiger partial charge in [-0.15, -0.1) is 5.10 Å². The molecule has 140 valence electrons. The standard InChI is InChI=1S/C18H22FN3OS3/c1-11-5-3-4-6-15(11)20-16(23)12(2)25-17-21-22(18(24)26-17)14-9-7-13(19)8-10-14/h7-12,15H,3-6H2,1-2H3,(H,20,23)/t11-,12-,15-/m1/s1. The fourth-order valence-electron chi connectivity index (χ4n) is 3.09. The van der Waals surface area contributed by atoms with E-state index in [1.54, 1.807) is 16.8 Å². The van der Waals surface area contributed by atoms with Gasteiger partial charge in [-0.3, -0.25) is 4.79 Å². The minimum absolute atomic E-state index is 0.0446. The van der Waals surface area contributed by atoms with E-state index in [1.165, 1.54) is 54.5 Å². The van der Waals surface area contributed by atoms with Crippen molar-refractivity contribution in [2.24, 2.45) is 5.92 Å². The molecule has 2 aromatic rings. The smallest absolute Gasteiger partial charge is 0.233 e. The number of amides is 1. The van der Waals surface area contributed by atoms with E-state index in [9.17, 15) is 9.18 Å². The minimum atomic E-state index is -0.299. The van der Waals surface area contributed by atoms with E-state index in [0.717, 1.165) is 10.8 Å². The van der Waals surface area contributed by atoms with E-state index >= 15 is 0 Å². The number of thioether (sulfide) groups is 1. The lowest BCUT2D eigenvalue weighted by molar-refractivity contribution is -0.121. The number of benzene rings is 1. The molecule has 1 N–H and O–H groups in total. The van der Waals surface area contributed by atoms with Gasteiger partial charge in [0.15, 0.2) is 8.29 Å². The number of rotatable bonds is 5. The van der Waals surface area contributed by atoms with Crippen LogP contribution in [0.15, 0.2) is 28.6 Å². The Labute approximate surface area is 166 Å². The molecule has 1 saturated carbocycles. The Bertz CT molecular complexity index is 818. The molecule has 1 heterocycles.